The lowest BCUT2D eigenvalue weighted by Gasteiger charge is -2.16. The minimum absolute atomic E-state index is 0.0423. The van der Waals surface area contributed by atoms with Crippen LogP contribution in [0.25, 0.3) is 0 Å². The van der Waals surface area contributed by atoms with Gasteiger partial charge in [0, 0.05) is 6.42 Å². The average Bonchev–Trinajstić information content (AvgIpc) is 2.39. The topological polar surface area (TPSA) is 72.8 Å². The minimum Gasteiger partial charge on any atom is -0.496 e. The van der Waals surface area contributed by atoms with E-state index in [1.807, 2.05) is 13.0 Å². The zero-order chi connectivity index (χ0) is 15.3. The molecule has 5 nitrogen and oxygen atoms in total. The van der Waals surface area contributed by atoms with Crippen molar-refractivity contribution in [3.63, 3.8) is 0 Å². The Labute approximate surface area is 118 Å². The zero-order valence-corrected chi connectivity index (χ0v) is 12.2. The predicted octanol–water partition coefficient (Wildman–Crippen LogP) is 2.44. The Morgan fingerprint density at radius 1 is 1.30 bits per heavy atom. The second-order valence-electron chi connectivity index (χ2n) is 4.84. The van der Waals surface area contributed by atoms with E-state index in [0.717, 1.165) is 5.56 Å². The highest BCUT2D eigenvalue weighted by molar-refractivity contribution is 5.93. The van der Waals surface area contributed by atoms with E-state index < -0.39 is 5.97 Å². The van der Waals surface area contributed by atoms with Crippen LogP contribution in [0.3, 0.4) is 0 Å². The number of esters is 1. The van der Waals surface area contributed by atoms with Crippen molar-refractivity contribution in [2.45, 2.75) is 26.7 Å². The van der Waals surface area contributed by atoms with Gasteiger partial charge in [0.25, 0.3) is 0 Å². The van der Waals surface area contributed by atoms with Crippen LogP contribution in [0.15, 0.2) is 12.1 Å². The van der Waals surface area contributed by atoms with Crippen LogP contribution in [0.5, 0.6) is 5.75 Å². The molecule has 1 aromatic rings. The van der Waals surface area contributed by atoms with Gasteiger partial charge in [0.1, 0.15) is 11.3 Å². The van der Waals surface area contributed by atoms with Gasteiger partial charge in [-0.15, -0.1) is 0 Å². The van der Waals surface area contributed by atoms with Crippen LogP contribution in [0.1, 0.15) is 34.8 Å². The first-order chi connectivity index (χ1) is 9.40. The maximum absolute atomic E-state index is 11.3. The molecule has 1 unspecified atom stereocenters. The van der Waals surface area contributed by atoms with E-state index in [1.165, 1.54) is 14.2 Å². The Morgan fingerprint density at radius 2 is 1.95 bits per heavy atom. The molecule has 0 saturated heterocycles. The second kappa shape index (κ2) is 6.93. The molecule has 0 heterocycles. The van der Waals surface area contributed by atoms with Crippen molar-refractivity contribution in [3.05, 3.63) is 28.8 Å². The van der Waals surface area contributed by atoms with E-state index in [2.05, 4.69) is 4.74 Å². The van der Waals surface area contributed by atoms with Crippen LogP contribution < -0.4 is 4.74 Å². The van der Waals surface area contributed by atoms with Gasteiger partial charge in [-0.25, -0.2) is 4.79 Å². The quantitative estimate of drug-likeness (QED) is 0.810. The number of hydrogen-bond donors (Lipinski definition) is 1. The van der Waals surface area contributed by atoms with E-state index in [9.17, 15) is 14.7 Å². The smallest absolute Gasteiger partial charge is 0.339 e. The molecule has 0 aromatic heterocycles. The molecule has 0 radical (unpaired) electrons. The maximum atomic E-state index is 11.3. The van der Waals surface area contributed by atoms with Crippen LogP contribution in [0.2, 0.25) is 0 Å². The Balaban J connectivity index is 3.04. The fraction of sp³-hybridized carbons (Fsp3) is 0.467. The van der Waals surface area contributed by atoms with Crippen LogP contribution >= 0.6 is 0 Å². The van der Waals surface area contributed by atoms with Gasteiger partial charge in [-0.1, -0.05) is 19.1 Å². The maximum Gasteiger partial charge on any atom is 0.339 e. The number of hydrogen-bond acceptors (Lipinski definition) is 4. The molecule has 0 aliphatic rings. The van der Waals surface area contributed by atoms with Crippen molar-refractivity contribution in [3.8, 4) is 5.75 Å². The summed E-state index contributed by atoms with van der Waals surface area (Å²) in [4.78, 5) is 22.6. The summed E-state index contributed by atoms with van der Waals surface area (Å²) in [6, 6.07) is 3.60. The van der Waals surface area contributed by atoms with E-state index in [-0.39, 0.29) is 23.9 Å². The number of ether oxygens (including phenoxy) is 2. The second-order valence-corrected chi connectivity index (χ2v) is 4.84. The van der Waals surface area contributed by atoms with Crippen LogP contribution in [-0.2, 0) is 16.0 Å². The van der Waals surface area contributed by atoms with E-state index in [4.69, 9.17) is 4.74 Å². The van der Waals surface area contributed by atoms with Crippen molar-refractivity contribution >= 4 is 11.9 Å². The lowest BCUT2D eigenvalue weighted by atomic mass is 9.94. The number of methoxy groups -OCH3 is 2. The Kier molecular flexibility index (Phi) is 5.55. The number of carboxylic acid groups (broad SMARTS) is 1. The summed E-state index contributed by atoms with van der Waals surface area (Å²) >= 11 is 0. The molecule has 1 aromatic carbocycles. The highest BCUT2D eigenvalue weighted by atomic mass is 16.5. The molecule has 0 saturated carbocycles. The molecule has 1 atom stereocenters. The standard InChI is InChI=1S/C15H20O5/c1-9(8-12(16)19-3)7-11-6-5-10(2)13(15(17)18)14(11)20-4/h5-6,9H,7-8H2,1-4H3,(H,17,18). The Hall–Kier alpha value is -2.04. The Morgan fingerprint density at radius 3 is 2.45 bits per heavy atom. The van der Waals surface area contributed by atoms with Gasteiger partial charge in [-0.3, -0.25) is 4.79 Å². The lowest BCUT2D eigenvalue weighted by Crippen LogP contribution is -2.12. The molecular formula is C15H20O5. The minimum atomic E-state index is -1.01. The number of benzene rings is 1. The lowest BCUT2D eigenvalue weighted by molar-refractivity contribution is -0.141. The van der Waals surface area contributed by atoms with E-state index in [1.54, 1.807) is 13.0 Å². The van der Waals surface area contributed by atoms with E-state index >= 15 is 0 Å². The number of rotatable bonds is 6. The SMILES string of the molecule is COC(=O)CC(C)Cc1ccc(C)c(C(=O)O)c1OC. The largest absolute Gasteiger partial charge is 0.496 e. The molecule has 1 rings (SSSR count). The van der Waals surface area contributed by atoms with Gasteiger partial charge in [-0.2, -0.15) is 0 Å². The fourth-order valence-corrected chi connectivity index (χ4v) is 2.20. The Bertz CT molecular complexity index is 507. The van der Waals surface area contributed by atoms with Gasteiger partial charge in [0.05, 0.1) is 14.2 Å². The van der Waals surface area contributed by atoms with E-state index in [0.29, 0.717) is 17.7 Å². The summed E-state index contributed by atoms with van der Waals surface area (Å²) in [5.74, 6) is -0.876. The summed E-state index contributed by atoms with van der Waals surface area (Å²) in [7, 11) is 2.81. The molecule has 0 amide bonds. The van der Waals surface area contributed by atoms with Crippen molar-refractivity contribution < 1.29 is 24.2 Å². The van der Waals surface area contributed by atoms with Crippen LogP contribution in [0.4, 0.5) is 0 Å². The molecule has 0 bridgehead atoms. The van der Waals surface area contributed by atoms with Crippen molar-refractivity contribution in [2.24, 2.45) is 5.92 Å². The normalized spacial score (nSPS) is 11.8. The number of carboxylic acids is 1. The summed E-state index contributed by atoms with van der Waals surface area (Å²) < 4.78 is 9.89. The molecular weight excluding hydrogens is 260 g/mol. The monoisotopic (exact) mass is 280 g/mol. The third kappa shape index (κ3) is 3.73. The molecule has 0 aliphatic heterocycles. The van der Waals surface area contributed by atoms with Crippen LogP contribution in [0, 0.1) is 12.8 Å². The third-order valence-electron chi connectivity index (χ3n) is 3.18. The number of carbonyl (C=O) groups excluding carboxylic acids is 1. The molecule has 110 valence electrons. The number of aryl methyl sites for hydroxylation is 1. The van der Waals surface area contributed by atoms with Crippen LogP contribution in [-0.4, -0.2) is 31.3 Å². The highest BCUT2D eigenvalue weighted by Gasteiger charge is 2.20. The first-order valence-corrected chi connectivity index (χ1v) is 6.37. The molecule has 0 fully saturated rings. The van der Waals surface area contributed by atoms with Gasteiger partial charge >= 0.3 is 11.9 Å². The number of carbonyl (C=O) groups is 2. The summed E-state index contributed by atoms with van der Waals surface area (Å²) in [6.07, 6.45) is 0.842. The van der Waals surface area contributed by atoms with Crippen molar-refractivity contribution in [2.75, 3.05) is 14.2 Å². The fourth-order valence-electron chi connectivity index (χ4n) is 2.20. The van der Waals surface area contributed by atoms with Crippen molar-refractivity contribution in [1.29, 1.82) is 0 Å². The van der Waals surface area contributed by atoms with Gasteiger partial charge in [0.15, 0.2) is 0 Å². The molecule has 1 N–H and O–H groups in total. The highest BCUT2D eigenvalue weighted by Crippen LogP contribution is 2.29. The summed E-state index contributed by atoms with van der Waals surface area (Å²) in [6.45, 7) is 3.64. The zero-order valence-electron chi connectivity index (χ0n) is 12.2. The predicted molar refractivity (Wildman–Crippen MR) is 74.2 cm³/mol. The summed E-state index contributed by atoms with van der Waals surface area (Å²) in [5, 5.41) is 9.27. The molecule has 0 spiro atoms. The van der Waals surface area contributed by atoms with Gasteiger partial charge < -0.3 is 14.6 Å². The van der Waals surface area contributed by atoms with Crippen molar-refractivity contribution in [1.82, 2.24) is 0 Å². The third-order valence-corrected chi connectivity index (χ3v) is 3.18. The van der Waals surface area contributed by atoms with Gasteiger partial charge in [-0.05, 0) is 30.4 Å². The number of aromatic carboxylic acids is 1. The average molecular weight is 280 g/mol. The first kappa shape index (κ1) is 16.0. The molecule has 0 aliphatic carbocycles. The van der Waals surface area contributed by atoms with Gasteiger partial charge in [0.2, 0.25) is 0 Å². The molecule has 20 heavy (non-hydrogen) atoms. The summed E-state index contributed by atoms with van der Waals surface area (Å²) in [5.41, 5.74) is 1.61. The molecule has 5 heteroatoms. The first-order valence-electron chi connectivity index (χ1n) is 6.37.